The standard InChI is InChI=1S/C28H32FN5O2/c29-25-13-11-24(12-14-25)22-34(27(35)30-21-23-7-3-1-4-8-23)20-17-32-15-18-33(19-16-32)28(36)31-26-9-5-2-6-10-26/h1-14H,15-22H2,(H,30,35)(H,31,36). The van der Waals surface area contributed by atoms with Gasteiger partial charge in [-0.1, -0.05) is 60.7 Å². The lowest BCUT2D eigenvalue weighted by atomic mass is 10.2. The van der Waals surface area contributed by atoms with Crippen molar-refractivity contribution in [3.8, 4) is 0 Å². The summed E-state index contributed by atoms with van der Waals surface area (Å²) in [7, 11) is 0. The number of hydrogen-bond donors (Lipinski definition) is 2. The topological polar surface area (TPSA) is 67.9 Å². The van der Waals surface area contributed by atoms with E-state index < -0.39 is 0 Å². The first-order chi connectivity index (χ1) is 17.6. The highest BCUT2D eigenvalue weighted by Crippen LogP contribution is 2.11. The Morgan fingerprint density at radius 3 is 2.11 bits per heavy atom. The second kappa shape index (κ2) is 12.7. The molecule has 0 spiro atoms. The van der Waals surface area contributed by atoms with E-state index >= 15 is 0 Å². The van der Waals surface area contributed by atoms with Crippen LogP contribution in [0.3, 0.4) is 0 Å². The molecule has 7 nitrogen and oxygen atoms in total. The molecule has 1 fully saturated rings. The number of para-hydroxylation sites is 1. The molecule has 1 aliphatic heterocycles. The number of carbonyl (C=O) groups excluding carboxylic acids is 2. The van der Waals surface area contributed by atoms with E-state index in [4.69, 9.17) is 0 Å². The van der Waals surface area contributed by atoms with Gasteiger partial charge >= 0.3 is 12.1 Å². The van der Waals surface area contributed by atoms with Crippen LogP contribution >= 0.6 is 0 Å². The number of hydrogen-bond acceptors (Lipinski definition) is 3. The highest BCUT2D eigenvalue weighted by atomic mass is 19.1. The molecule has 0 aliphatic carbocycles. The van der Waals surface area contributed by atoms with Gasteiger partial charge in [-0.05, 0) is 35.4 Å². The van der Waals surface area contributed by atoms with Gasteiger partial charge in [-0.15, -0.1) is 0 Å². The van der Waals surface area contributed by atoms with Crippen molar-refractivity contribution in [2.45, 2.75) is 13.1 Å². The molecule has 0 saturated carbocycles. The zero-order valence-electron chi connectivity index (χ0n) is 20.3. The number of amides is 4. The van der Waals surface area contributed by atoms with Gasteiger partial charge in [0.25, 0.3) is 0 Å². The van der Waals surface area contributed by atoms with Gasteiger partial charge in [-0.25, -0.2) is 14.0 Å². The number of urea groups is 2. The van der Waals surface area contributed by atoms with E-state index in [9.17, 15) is 14.0 Å². The molecule has 0 atom stereocenters. The van der Waals surface area contributed by atoms with Crippen LogP contribution in [-0.4, -0.2) is 66.0 Å². The fraction of sp³-hybridized carbons (Fsp3) is 0.286. The molecule has 188 valence electrons. The molecule has 2 N–H and O–H groups in total. The predicted molar refractivity (Wildman–Crippen MR) is 139 cm³/mol. The van der Waals surface area contributed by atoms with Crippen LogP contribution in [0.25, 0.3) is 0 Å². The van der Waals surface area contributed by atoms with Crippen molar-refractivity contribution < 1.29 is 14.0 Å². The van der Waals surface area contributed by atoms with E-state index in [1.54, 1.807) is 17.0 Å². The van der Waals surface area contributed by atoms with Crippen molar-refractivity contribution in [2.75, 3.05) is 44.6 Å². The molecule has 4 amide bonds. The van der Waals surface area contributed by atoms with Gasteiger partial charge in [0.15, 0.2) is 0 Å². The molecule has 1 saturated heterocycles. The Hall–Kier alpha value is -3.91. The molecular formula is C28H32FN5O2. The predicted octanol–water partition coefficient (Wildman–Crippen LogP) is 4.39. The van der Waals surface area contributed by atoms with Gasteiger partial charge in [-0.3, -0.25) is 4.90 Å². The number of benzene rings is 3. The second-order valence-corrected chi connectivity index (χ2v) is 8.82. The minimum absolute atomic E-state index is 0.0981. The number of rotatable bonds is 8. The number of halogens is 1. The van der Waals surface area contributed by atoms with Crippen LogP contribution in [0.1, 0.15) is 11.1 Å². The lowest BCUT2D eigenvalue weighted by molar-refractivity contribution is 0.134. The Morgan fingerprint density at radius 1 is 0.806 bits per heavy atom. The molecule has 0 radical (unpaired) electrons. The van der Waals surface area contributed by atoms with Crippen molar-refractivity contribution in [1.29, 1.82) is 0 Å². The molecule has 0 unspecified atom stereocenters. The lowest BCUT2D eigenvalue weighted by Crippen LogP contribution is -2.52. The zero-order valence-corrected chi connectivity index (χ0v) is 20.3. The highest BCUT2D eigenvalue weighted by Gasteiger charge is 2.22. The van der Waals surface area contributed by atoms with Gasteiger partial charge < -0.3 is 20.4 Å². The molecule has 1 aliphatic rings. The van der Waals surface area contributed by atoms with Crippen LogP contribution in [0, 0.1) is 5.82 Å². The van der Waals surface area contributed by atoms with Crippen LogP contribution in [0.2, 0.25) is 0 Å². The molecule has 3 aromatic rings. The fourth-order valence-electron chi connectivity index (χ4n) is 4.11. The Morgan fingerprint density at radius 2 is 1.44 bits per heavy atom. The average molecular weight is 490 g/mol. The SMILES string of the molecule is O=C(NCc1ccccc1)N(CCN1CCN(C(=O)Nc2ccccc2)CC1)Cc1ccc(F)cc1. The minimum Gasteiger partial charge on any atom is -0.334 e. The first-order valence-electron chi connectivity index (χ1n) is 12.2. The Labute approximate surface area is 211 Å². The number of piperazine rings is 1. The van der Waals surface area contributed by atoms with Gasteiger partial charge in [0.1, 0.15) is 5.82 Å². The van der Waals surface area contributed by atoms with E-state index in [-0.39, 0.29) is 17.9 Å². The lowest BCUT2D eigenvalue weighted by Gasteiger charge is -2.35. The minimum atomic E-state index is -0.298. The van der Waals surface area contributed by atoms with Crippen LogP contribution < -0.4 is 10.6 Å². The summed E-state index contributed by atoms with van der Waals surface area (Å²) in [5.41, 5.74) is 2.68. The van der Waals surface area contributed by atoms with Crippen molar-refractivity contribution in [3.05, 3.63) is 102 Å². The summed E-state index contributed by atoms with van der Waals surface area (Å²) in [6.07, 6.45) is 0. The molecule has 3 aromatic carbocycles. The maximum atomic E-state index is 13.4. The van der Waals surface area contributed by atoms with Crippen molar-refractivity contribution >= 4 is 17.7 Å². The van der Waals surface area contributed by atoms with E-state index in [1.165, 1.54) is 12.1 Å². The van der Waals surface area contributed by atoms with Crippen LogP contribution in [0.5, 0.6) is 0 Å². The molecule has 36 heavy (non-hydrogen) atoms. The number of nitrogens with one attached hydrogen (secondary N) is 2. The summed E-state index contributed by atoms with van der Waals surface area (Å²) >= 11 is 0. The first-order valence-corrected chi connectivity index (χ1v) is 12.2. The summed E-state index contributed by atoms with van der Waals surface area (Å²) in [5.74, 6) is -0.298. The summed E-state index contributed by atoms with van der Waals surface area (Å²) in [6, 6.07) is 25.2. The summed E-state index contributed by atoms with van der Waals surface area (Å²) in [5, 5.41) is 5.93. The fourth-order valence-corrected chi connectivity index (χ4v) is 4.11. The molecule has 4 rings (SSSR count). The van der Waals surface area contributed by atoms with Gasteiger partial charge in [0.2, 0.25) is 0 Å². The summed E-state index contributed by atoms with van der Waals surface area (Å²) in [6.45, 7) is 4.75. The summed E-state index contributed by atoms with van der Waals surface area (Å²) < 4.78 is 13.4. The number of carbonyl (C=O) groups is 2. The van der Waals surface area contributed by atoms with Crippen LogP contribution in [-0.2, 0) is 13.1 Å². The number of anilines is 1. The van der Waals surface area contributed by atoms with Crippen molar-refractivity contribution in [1.82, 2.24) is 20.0 Å². The largest absolute Gasteiger partial charge is 0.334 e. The van der Waals surface area contributed by atoms with E-state index in [0.717, 1.165) is 29.9 Å². The van der Waals surface area contributed by atoms with E-state index in [2.05, 4.69) is 15.5 Å². The normalized spacial score (nSPS) is 13.8. The van der Waals surface area contributed by atoms with Crippen molar-refractivity contribution in [3.63, 3.8) is 0 Å². The average Bonchev–Trinajstić information content (AvgIpc) is 2.92. The maximum Gasteiger partial charge on any atom is 0.321 e. The zero-order chi connectivity index (χ0) is 25.2. The molecule has 0 bridgehead atoms. The maximum absolute atomic E-state index is 13.4. The number of nitrogens with zero attached hydrogens (tertiary/aromatic N) is 3. The Kier molecular flexibility index (Phi) is 8.88. The van der Waals surface area contributed by atoms with Gasteiger partial charge in [0, 0.05) is 58.0 Å². The summed E-state index contributed by atoms with van der Waals surface area (Å²) in [4.78, 5) is 31.4. The van der Waals surface area contributed by atoms with Gasteiger partial charge in [0.05, 0.1) is 0 Å². The second-order valence-electron chi connectivity index (χ2n) is 8.82. The Balaban J connectivity index is 1.29. The molecule has 1 heterocycles. The van der Waals surface area contributed by atoms with E-state index in [0.29, 0.717) is 39.3 Å². The first kappa shape index (κ1) is 25.2. The van der Waals surface area contributed by atoms with Crippen molar-refractivity contribution in [2.24, 2.45) is 0 Å². The van der Waals surface area contributed by atoms with E-state index in [1.807, 2.05) is 65.6 Å². The third-order valence-corrected chi connectivity index (χ3v) is 6.23. The van der Waals surface area contributed by atoms with Crippen LogP contribution in [0.4, 0.5) is 19.7 Å². The Bertz CT molecular complexity index is 1100. The third kappa shape index (κ3) is 7.55. The quantitative estimate of drug-likeness (QED) is 0.493. The third-order valence-electron chi connectivity index (χ3n) is 6.23. The molecule has 8 heteroatoms. The highest BCUT2D eigenvalue weighted by molar-refractivity contribution is 5.89. The monoisotopic (exact) mass is 489 g/mol. The molecular weight excluding hydrogens is 457 g/mol. The van der Waals surface area contributed by atoms with Gasteiger partial charge in [-0.2, -0.15) is 0 Å². The smallest absolute Gasteiger partial charge is 0.321 e. The molecule has 0 aromatic heterocycles. The van der Waals surface area contributed by atoms with Crippen LogP contribution in [0.15, 0.2) is 84.9 Å².